The quantitative estimate of drug-likeness (QED) is 0.731. The molecule has 0 heterocycles. The highest BCUT2D eigenvalue weighted by Crippen LogP contribution is 2.10. The van der Waals surface area contributed by atoms with Crippen LogP contribution < -0.4 is 11.1 Å². The van der Waals surface area contributed by atoms with Crippen molar-refractivity contribution in [2.75, 3.05) is 6.54 Å². The predicted molar refractivity (Wildman–Crippen MR) is 59.2 cm³/mol. The number of rotatable bonds is 4. The number of hydrogen-bond acceptors (Lipinski definition) is 2. The molecule has 0 radical (unpaired) electrons. The van der Waals surface area contributed by atoms with Crippen LogP contribution in [0, 0.1) is 0 Å². The minimum Gasteiger partial charge on any atom is -0.465 e. The third-order valence-electron chi connectivity index (χ3n) is 1.93. The molecule has 1 unspecified atom stereocenters. The van der Waals surface area contributed by atoms with Gasteiger partial charge in [-0.05, 0) is 24.1 Å². The Morgan fingerprint density at radius 2 is 2.07 bits per heavy atom. The lowest BCUT2D eigenvalue weighted by atomic mass is 10.1. The lowest BCUT2D eigenvalue weighted by Gasteiger charge is -2.11. The number of nitrogens with one attached hydrogen (secondary N) is 1. The van der Waals surface area contributed by atoms with Crippen molar-refractivity contribution in [1.82, 2.24) is 5.32 Å². The van der Waals surface area contributed by atoms with E-state index in [0.717, 1.165) is 5.56 Å². The summed E-state index contributed by atoms with van der Waals surface area (Å²) in [6.45, 7) is 0.248. The monoisotopic (exact) mass is 228 g/mol. The zero-order valence-corrected chi connectivity index (χ0v) is 8.87. The van der Waals surface area contributed by atoms with Gasteiger partial charge in [-0.15, -0.1) is 0 Å². The van der Waals surface area contributed by atoms with Crippen molar-refractivity contribution in [3.8, 4) is 0 Å². The maximum atomic E-state index is 10.2. The van der Waals surface area contributed by atoms with Crippen molar-refractivity contribution in [1.29, 1.82) is 0 Å². The van der Waals surface area contributed by atoms with Gasteiger partial charge in [0.25, 0.3) is 0 Å². The van der Waals surface area contributed by atoms with Gasteiger partial charge in [0, 0.05) is 17.6 Å². The van der Waals surface area contributed by atoms with E-state index in [9.17, 15) is 4.79 Å². The molecule has 0 saturated heterocycles. The number of carbonyl (C=O) groups is 1. The largest absolute Gasteiger partial charge is 0.465 e. The summed E-state index contributed by atoms with van der Waals surface area (Å²) in [4.78, 5) is 10.2. The average Bonchev–Trinajstić information content (AvgIpc) is 2.19. The first-order valence-electron chi connectivity index (χ1n) is 4.55. The van der Waals surface area contributed by atoms with Crippen LogP contribution in [0.5, 0.6) is 0 Å². The Morgan fingerprint density at radius 1 is 1.47 bits per heavy atom. The molecule has 0 aromatic heterocycles. The van der Waals surface area contributed by atoms with Crippen LogP contribution in [0.3, 0.4) is 0 Å². The average molecular weight is 229 g/mol. The molecule has 5 heteroatoms. The van der Waals surface area contributed by atoms with E-state index < -0.39 is 6.09 Å². The molecule has 82 valence electrons. The van der Waals surface area contributed by atoms with Gasteiger partial charge in [0.2, 0.25) is 0 Å². The number of amides is 1. The molecule has 0 saturated carbocycles. The van der Waals surface area contributed by atoms with E-state index >= 15 is 0 Å². The van der Waals surface area contributed by atoms with Gasteiger partial charge in [-0.1, -0.05) is 23.7 Å². The standard InChI is InChI=1S/C10H13ClN2O2/c11-8-3-1-7(2-4-8)5-9(12)6-13-10(14)15/h1-4,9,13H,5-6,12H2,(H,14,15). The van der Waals surface area contributed by atoms with Crippen LogP contribution in [-0.4, -0.2) is 23.8 Å². The Hall–Kier alpha value is -1.26. The third kappa shape index (κ3) is 4.67. The Balaban J connectivity index is 2.40. The molecule has 4 N–H and O–H groups in total. The van der Waals surface area contributed by atoms with Gasteiger partial charge in [0.15, 0.2) is 0 Å². The number of carboxylic acid groups (broad SMARTS) is 1. The molecule has 1 aromatic carbocycles. The molecule has 0 bridgehead atoms. The molecule has 0 aliphatic carbocycles. The molecule has 0 aliphatic rings. The number of hydrogen-bond donors (Lipinski definition) is 3. The summed E-state index contributed by atoms with van der Waals surface area (Å²) in [5, 5.41) is 11.3. The SMILES string of the molecule is NC(CNC(=O)O)Cc1ccc(Cl)cc1. The Kier molecular flexibility index (Phi) is 4.39. The molecular weight excluding hydrogens is 216 g/mol. The lowest BCUT2D eigenvalue weighted by molar-refractivity contribution is 0.193. The minimum absolute atomic E-state index is 0.220. The molecule has 1 amide bonds. The maximum Gasteiger partial charge on any atom is 0.404 e. The highest BCUT2D eigenvalue weighted by molar-refractivity contribution is 6.30. The second kappa shape index (κ2) is 5.58. The van der Waals surface area contributed by atoms with E-state index in [1.54, 1.807) is 12.1 Å². The van der Waals surface area contributed by atoms with Crippen molar-refractivity contribution in [2.45, 2.75) is 12.5 Å². The van der Waals surface area contributed by atoms with Crippen LogP contribution >= 0.6 is 11.6 Å². The smallest absolute Gasteiger partial charge is 0.404 e. The summed E-state index contributed by atoms with van der Waals surface area (Å²) in [6.07, 6.45) is -0.432. The summed E-state index contributed by atoms with van der Waals surface area (Å²) in [6, 6.07) is 7.11. The van der Waals surface area contributed by atoms with Crippen LogP contribution in [0.2, 0.25) is 5.02 Å². The van der Waals surface area contributed by atoms with Gasteiger partial charge < -0.3 is 16.2 Å². The first kappa shape index (κ1) is 11.8. The van der Waals surface area contributed by atoms with Crippen molar-refractivity contribution in [3.05, 3.63) is 34.9 Å². The van der Waals surface area contributed by atoms with E-state index in [-0.39, 0.29) is 12.6 Å². The van der Waals surface area contributed by atoms with Gasteiger partial charge in [-0.25, -0.2) is 4.79 Å². The summed E-state index contributed by atoms with van der Waals surface area (Å²) < 4.78 is 0. The summed E-state index contributed by atoms with van der Waals surface area (Å²) in [5.74, 6) is 0. The second-order valence-corrected chi connectivity index (χ2v) is 3.71. The van der Waals surface area contributed by atoms with E-state index in [4.69, 9.17) is 22.4 Å². The molecule has 0 fully saturated rings. The summed E-state index contributed by atoms with van der Waals surface area (Å²) in [7, 11) is 0. The summed E-state index contributed by atoms with van der Waals surface area (Å²) >= 11 is 5.73. The van der Waals surface area contributed by atoms with E-state index in [2.05, 4.69) is 5.32 Å². The summed E-state index contributed by atoms with van der Waals surface area (Å²) in [5.41, 5.74) is 6.77. The third-order valence-corrected chi connectivity index (χ3v) is 2.18. The van der Waals surface area contributed by atoms with Gasteiger partial charge >= 0.3 is 6.09 Å². The normalized spacial score (nSPS) is 12.1. The van der Waals surface area contributed by atoms with E-state index in [0.29, 0.717) is 11.4 Å². The minimum atomic E-state index is -1.05. The maximum absolute atomic E-state index is 10.2. The molecule has 0 spiro atoms. The van der Waals surface area contributed by atoms with Crippen molar-refractivity contribution in [2.24, 2.45) is 5.73 Å². The number of benzene rings is 1. The fraction of sp³-hybridized carbons (Fsp3) is 0.300. The molecule has 1 aromatic rings. The molecule has 0 aliphatic heterocycles. The van der Waals surface area contributed by atoms with Gasteiger partial charge in [-0.3, -0.25) is 0 Å². The highest BCUT2D eigenvalue weighted by atomic mass is 35.5. The molecule has 15 heavy (non-hydrogen) atoms. The molecule has 1 rings (SSSR count). The van der Waals surface area contributed by atoms with Crippen molar-refractivity contribution in [3.63, 3.8) is 0 Å². The van der Waals surface area contributed by atoms with Crippen LogP contribution in [0.4, 0.5) is 4.79 Å². The Labute approximate surface area is 93.0 Å². The Morgan fingerprint density at radius 3 is 2.60 bits per heavy atom. The number of nitrogens with two attached hydrogens (primary N) is 1. The Bertz CT molecular complexity index is 327. The lowest BCUT2D eigenvalue weighted by Crippen LogP contribution is -2.37. The zero-order valence-electron chi connectivity index (χ0n) is 8.11. The van der Waals surface area contributed by atoms with Crippen molar-refractivity contribution < 1.29 is 9.90 Å². The fourth-order valence-electron chi connectivity index (χ4n) is 1.21. The van der Waals surface area contributed by atoms with Crippen LogP contribution in [0.25, 0.3) is 0 Å². The van der Waals surface area contributed by atoms with E-state index in [1.807, 2.05) is 12.1 Å². The number of halogens is 1. The van der Waals surface area contributed by atoms with Crippen LogP contribution in [-0.2, 0) is 6.42 Å². The van der Waals surface area contributed by atoms with Gasteiger partial charge in [0.05, 0.1) is 0 Å². The first-order valence-corrected chi connectivity index (χ1v) is 4.92. The van der Waals surface area contributed by atoms with Crippen LogP contribution in [0.15, 0.2) is 24.3 Å². The van der Waals surface area contributed by atoms with Gasteiger partial charge in [0.1, 0.15) is 0 Å². The molecule has 1 atom stereocenters. The first-order chi connectivity index (χ1) is 7.08. The second-order valence-electron chi connectivity index (χ2n) is 3.28. The van der Waals surface area contributed by atoms with E-state index in [1.165, 1.54) is 0 Å². The van der Waals surface area contributed by atoms with Crippen LogP contribution in [0.1, 0.15) is 5.56 Å². The highest BCUT2D eigenvalue weighted by Gasteiger charge is 2.05. The van der Waals surface area contributed by atoms with Gasteiger partial charge in [-0.2, -0.15) is 0 Å². The fourth-order valence-corrected chi connectivity index (χ4v) is 1.34. The predicted octanol–water partition coefficient (Wildman–Crippen LogP) is 1.48. The topological polar surface area (TPSA) is 75.3 Å². The molecule has 4 nitrogen and oxygen atoms in total. The zero-order chi connectivity index (χ0) is 11.3. The molecular formula is C10H13ClN2O2. The van der Waals surface area contributed by atoms with Crippen molar-refractivity contribution >= 4 is 17.7 Å².